The lowest BCUT2D eigenvalue weighted by Crippen LogP contribution is -2.15. The highest BCUT2D eigenvalue weighted by atomic mass is 16.1. The van der Waals surface area contributed by atoms with E-state index in [2.05, 4.69) is 5.10 Å². The van der Waals surface area contributed by atoms with Crippen molar-refractivity contribution in [3.05, 3.63) is 76.1 Å². The summed E-state index contributed by atoms with van der Waals surface area (Å²) in [6, 6.07) is 17.8. The molecule has 100 valence electrons. The molecule has 1 N–H and O–H groups in total. The Labute approximate surface area is 117 Å². The number of hydrogen-bond acceptors (Lipinski definition) is 1. The molecule has 0 bridgehead atoms. The summed E-state index contributed by atoms with van der Waals surface area (Å²) in [5.41, 5.74) is 4.61. The Balaban J connectivity index is 2.18. The van der Waals surface area contributed by atoms with E-state index < -0.39 is 0 Å². The van der Waals surface area contributed by atoms with E-state index in [0.29, 0.717) is 0 Å². The normalized spacial score (nSPS) is 10.7. The summed E-state index contributed by atoms with van der Waals surface area (Å²) in [4.78, 5) is 12.4. The van der Waals surface area contributed by atoms with E-state index in [4.69, 9.17) is 0 Å². The predicted octanol–water partition coefficient (Wildman–Crippen LogP) is 3.45. The van der Waals surface area contributed by atoms with Gasteiger partial charge < -0.3 is 0 Å². The van der Waals surface area contributed by atoms with E-state index in [-0.39, 0.29) is 5.56 Å². The Morgan fingerprint density at radius 1 is 0.950 bits per heavy atom. The van der Waals surface area contributed by atoms with E-state index in [1.165, 1.54) is 0 Å². The van der Waals surface area contributed by atoms with Crippen LogP contribution < -0.4 is 5.56 Å². The highest BCUT2D eigenvalue weighted by Gasteiger charge is 2.12. The molecule has 3 rings (SSSR count). The predicted molar refractivity (Wildman–Crippen MR) is 81.3 cm³/mol. The molecule has 0 atom stereocenters. The van der Waals surface area contributed by atoms with Crippen LogP contribution in [0.2, 0.25) is 0 Å². The van der Waals surface area contributed by atoms with Crippen LogP contribution in [-0.4, -0.2) is 9.78 Å². The van der Waals surface area contributed by atoms with Gasteiger partial charge in [-0.2, -0.15) is 0 Å². The van der Waals surface area contributed by atoms with E-state index in [1.54, 1.807) is 4.68 Å². The smallest absolute Gasteiger partial charge is 0.274 e. The van der Waals surface area contributed by atoms with Gasteiger partial charge in [0.25, 0.3) is 5.56 Å². The average Bonchev–Trinajstić information content (AvgIpc) is 2.76. The quantitative estimate of drug-likeness (QED) is 0.756. The Hall–Kier alpha value is -2.55. The maximum absolute atomic E-state index is 12.4. The summed E-state index contributed by atoms with van der Waals surface area (Å²) in [6.45, 7) is 3.87. The minimum Gasteiger partial charge on any atom is -0.290 e. The Morgan fingerprint density at radius 3 is 2.40 bits per heavy atom. The number of H-pyrrole nitrogens is 1. The third-order valence-electron chi connectivity index (χ3n) is 3.44. The van der Waals surface area contributed by atoms with Gasteiger partial charge in [-0.3, -0.25) is 9.89 Å². The van der Waals surface area contributed by atoms with E-state index in [0.717, 1.165) is 28.1 Å². The molecule has 0 unspecified atom stereocenters. The molecule has 0 amide bonds. The second-order valence-electron chi connectivity index (χ2n) is 4.96. The second kappa shape index (κ2) is 4.85. The van der Waals surface area contributed by atoms with Gasteiger partial charge >= 0.3 is 0 Å². The van der Waals surface area contributed by atoms with E-state index >= 15 is 0 Å². The van der Waals surface area contributed by atoms with Gasteiger partial charge in [0.2, 0.25) is 0 Å². The molecule has 0 saturated heterocycles. The highest BCUT2D eigenvalue weighted by Crippen LogP contribution is 2.19. The SMILES string of the molecule is Cc1cccc(-n2[nH]c(-c3ccccc3)c(C)c2=O)c1. The van der Waals surface area contributed by atoms with Crippen LogP contribution in [0.1, 0.15) is 11.1 Å². The zero-order chi connectivity index (χ0) is 14.1. The van der Waals surface area contributed by atoms with Crippen LogP contribution in [0.25, 0.3) is 16.9 Å². The molecule has 1 heterocycles. The molecule has 3 nitrogen and oxygen atoms in total. The van der Waals surface area contributed by atoms with Crippen molar-refractivity contribution in [3.63, 3.8) is 0 Å². The lowest BCUT2D eigenvalue weighted by atomic mass is 10.1. The zero-order valence-corrected chi connectivity index (χ0v) is 11.6. The van der Waals surface area contributed by atoms with Crippen LogP contribution in [0.5, 0.6) is 0 Å². The van der Waals surface area contributed by atoms with Crippen molar-refractivity contribution in [2.45, 2.75) is 13.8 Å². The fraction of sp³-hybridized carbons (Fsp3) is 0.118. The highest BCUT2D eigenvalue weighted by molar-refractivity contribution is 5.62. The molecule has 0 aliphatic carbocycles. The number of nitrogens with one attached hydrogen (secondary N) is 1. The minimum absolute atomic E-state index is 0.00514. The van der Waals surface area contributed by atoms with Gasteiger partial charge in [-0.25, -0.2) is 4.68 Å². The van der Waals surface area contributed by atoms with Gasteiger partial charge in [-0.15, -0.1) is 0 Å². The van der Waals surface area contributed by atoms with Crippen molar-refractivity contribution in [2.24, 2.45) is 0 Å². The number of nitrogens with zero attached hydrogens (tertiary/aromatic N) is 1. The monoisotopic (exact) mass is 264 g/mol. The van der Waals surface area contributed by atoms with Crippen LogP contribution in [-0.2, 0) is 0 Å². The van der Waals surface area contributed by atoms with Crippen LogP contribution in [0.4, 0.5) is 0 Å². The summed E-state index contributed by atoms with van der Waals surface area (Å²) in [6.07, 6.45) is 0. The average molecular weight is 264 g/mol. The van der Waals surface area contributed by atoms with Crippen LogP contribution in [0, 0.1) is 13.8 Å². The number of aryl methyl sites for hydroxylation is 1. The van der Waals surface area contributed by atoms with Gasteiger partial charge in [0.15, 0.2) is 0 Å². The first-order chi connectivity index (χ1) is 9.66. The number of benzene rings is 2. The Morgan fingerprint density at radius 2 is 1.70 bits per heavy atom. The van der Waals surface area contributed by atoms with Gasteiger partial charge in [-0.1, -0.05) is 42.5 Å². The van der Waals surface area contributed by atoms with Crippen molar-refractivity contribution in [3.8, 4) is 16.9 Å². The molecule has 1 aromatic heterocycles. The van der Waals surface area contributed by atoms with Crippen LogP contribution in [0.3, 0.4) is 0 Å². The summed E-state index contributed by atoms with van der Waals surface area (Å²) < 4.78 is 1.60. The molecule has 3 aromatic rings. The van der Waals surface area contributed by atoms with Gasteiger partial charge in [0, 0.05) is 5.56 Å². The van der Waals surface area contributed by atoms with Gasteiger partial charge in [0.1, 0.15) is 0 Å². The van der Waals surface area contributed by atoms with Gasteiger partial charge in [0.05, 0.1) is 11.4 Å². The summed E-state index contributed by atoms with van der Waals surface area (Å²) in [5, 5.41) is 3.21. The Kier molecular flexibility index (Phi) is 3.03. The molecule has 0 fully saturated rings. The van der Waals surface area contributed by atoms with Crippen molar-refractivity contribution in [1.29, 1.82) is 0 Å². The largest absolute Gasteiger partial charge is 0.290 e. The molecule has 0 aliphatic rings. The van der Waals surface area contributed by atoms with Crippen molar-refractivity contribution >= 4 is 0 Å². The van der Waals surface area contributed by atoms with Crippen molar-refractivity contribution in [1.82, 2.24) is 9.78 Å². The molecule has 2 aromatic carbocycles. The zero-order valence-electron chi connectivity index (χ0n) is 11.6. The fourth-order valence-electron chi connectivity index (χ4n) is 2.36. The van der Waals surface area contributed by atoms with Crippen LogP contribution >= 0.6 is 0 Å². The van der Waals surface area contributed by atoms with E-state index in [1.807, 2.05) is 68.4 Å². The van der Waals surface area contributed by atoms with Gasteiger partial charge in [-0.05, 0) is 37.1 Å². The number of hydrogen-bond donors (Lipinski definition) is 1. The third kappa shape index (κ3) is 2.07. The lowest BCUT2D eigenvalue weighted by molar-refractivity contribution is 0.850. The number of aromatic amines is 1. The lowest BCUT2D eigenvalue weighted by Gasteiger charge is -2.03. The first-order valence-corrected chi connectivity index (χ1v) is 6.61. The minimum atomic E-state index is -0.00514. The molecule has 0 saturated carbocycles. The standard InChI is InChI=1S/C17H16N2O/c1-12-7-6-10-15(11-12)19-17(20)13(2)16(18-19)14-8-4-3-5-9-14/h3-11,18H,1-2H3. The maximum Gasteiger partial charge on any atom is 0.274 e. The fourth-order valence-corrected chi connectivity index (χ4v) is 2.36. The molecular formula is C17H16N2O. The second-order valence-corrected chi connectivity index (χ2v) is 4.96. The molecule has 0 aliphatic heterocycles. The molecule has 0 spiro atoms. The van der Waals surface area contributed by atoms with Crippen LogP contribution in [0.15, 0.2) is 59.4 Å². The summed E-state index contributed by atoms with van der Waals surface area (Å²) in [7, 11) is 0. The first-order valence-electron chi connectivity index (χ1n) is 6.61. The van der Waals surface area contributed by atoms with E-state index in [9.17, 15) is 4.79 Å². The molecular weight excluding hydrogens is 248 g/mol. The number of rotatable bonds is 2. The summed E-state index contributed by atoms with van der Waals surface area (Å²) in [5.74, 6) is 0. The van der Waals surface area contributed by atoms with Crippen molar-refractivity contribution in [2.75, 3.05) is 0 Å². The molecule has 0 radical (unpaired) electrons. The number of aromatic nitrogens is 2. The Bertz CT molecular complexity index is 797. The molecule has 3 heteroatoms. The first kappa shape index (κ1) is 12.5. The third-order valence-corrected chi connectivity index (χ3v) is 3.44. The maximum atomic E-state index is 12.4. The topological polar surface area (TPSA) is 37.8 Å². The molecule has 20 heavy (non-hydrogen) atoms. The van der Waals surface area contributed by atoms with Crippen molar-refractivity contribution < 1.29 is 0 Å². The summed E-state index contributed by atoms with van der Waals surface area (Å²) >= 11 is 0.